The van der Waals surface area contributed by atoms with Crippen LogP contribution in [0.1, 0.15) is 63.6 Å². The first-order valence-electron chi connectivity index (χ1n) is 6.73. The molecule has 1 atom stereocenters. The van der Waals surface area contributed by atoms with Crippen LogP contribution in [0, 0.1) is 5.92 Å². The molecule has 1 unspecified atom stereocenters. The molecule has 2 rings (SSSR count). The number of hydrogen-bond donors (Lipinski definition) is 1. The first-order valence-corrected chi connectivity index (χ1v) is 6.73. The maximum atomic E-state index is 5.72. The minimum atomic E-state index is 0.195. The SMILES string of the molecule is CC(N)CCc1nc(C2CCC(C)CC2)no1. The molecule has 0 amide bonds. The summed E-state index contributed by atoms with van der Waals surface area (Å²) in [5.41, 5.74) is 5.72. The molecule has 0 spiro atoms. The van der Waals surface area contributed by atoms with Crippen molar-refractivity contribution in [3.63, 3.8) is 0 Å². The van der Waals surface area contributed by atoms with Crippen molar-refractivity contribution in [2.24, 2.45) is 11.7 Å². The average molecular weight is 237 g/mol. The zero-order valence-corrected chi connectivity index (χ0v) is 10.9. The molecule has 1 saturated carbocycles. The zero-order chi connectivity index (χ0) is 12.3. The lowest BCUT2D eigenvalue weighted by atomic mass is 9.83. The van der Waals surface area contributed by atoms with Crippen molar-refractivity contribution < 1.29 is 4.52 Å². The molecule has 0 radical (unpaired) electrons. The third kappa shape index (κ3) is 3.53. The van der Waals surface area contributed by atoms with Gasteiger partial charge < -0.3 is 10.3 Å². The predicted octanol–water partition coefficient (Wildman–Crippen LogP) is 2.64. The molecule has 1 aliphatic rings. The Morgan fingerprint density at radius 2 is 2.06 bits per heavy atom. The minimum Gasteiger partial charge on any atom is -0.339 e. The van der Waals surface area contributed by atoms with Crippen LogP contribution in [0.25, 0.3) is 0 Å². The van der Waals surface area contributed by atoms with Gasteiger partial charge in [-0.05, 0) is 32.1 Å². The van der Waals surface area contributed by atoms with Gasteiger partial charge in [0.05, 0.1) is 0 Å². The molecule has 2 N–H and O–H groups in total. The number of hydrogen-bond acceptors (Lipinski definition) is 4. The van der Waals surface area contributed by atoms with Gasteiger partial charge in [0, 0.05) is 18.4 Å². The van der Waals surface area contributed by atoms with E-state index in [2.05, 4.69) is 17.1 Å². The lowest BCUT2D eigenvalue weighted by molar-refractivity contribution is 0.323. The number of aromatic nitrogens is 2. The Hall–Kier alpha value is -0.900. The van der Waals surface area contributed by atoms with Crippen molar-refractivity contribution in [3.8, 4) is 0 Å². The minimum absolute atomic E-state index is 0.195. The molecule has 4 heteroatoms. The van der Waals surface area contributed by atoms with Gasteiger partial charge in [0.2, 0.25) is 5.89 Å². The molecule has 1 aliphatic carbocycles. The number of aryl methyl sites for hydroxylation is 1. The van der Waals surface area contributed by atoms with Crippen LogP contribution in [-0.2, 0) is 6.42 Å². The molecule has 1 aromatic heterocycles. The third-order valence-corrected chi connectivity index (χ3v) is 3.68. The average Bonchev–Trinajstić information content (AvgIpc) is 2.76. The molecular formula is C13H23N3O. The monoisotopic (exact) mass is 237 g/mol. The van der Waals surface area contributed by atoms with Crippen LogP contribution in [0.3, 0.4) is 0 Å². The number of nitrogens with two attached hydrogens (primary N) is 1. The Morgan fingerprint density at radius 3 is 2.71 bits per heavy atom. The summed E-state index contributed by atoms with van der Waals surface area (Å²) in [6, 6.07) is 0.195. The largest absolute Gasteiger partial charge is 0.339 e. The predicted molar refractivity (Wildman–Crippen MR) is 66.6 cm³/mol. The van der Waals surface area contributed by atoms with E-state index >= 15 is 0 Å². The van der Waals surface area contributed by atoms with Gasteiger partial charge in [0.25, 0.3) is 0 Å². The van der Waals surface area contributed by atoms with E-state index in [-0.39, 0.29) is 6.04 Å². The molecule has 0 saturated heterocycles. The van der Waals surface area contributed by atoms with Crippen LogP contribution in [-0.4, -0.2) is 16.2 Å². The van der Waals surface area contributed by atoms with Crippen LogP contribution in [0.2, 0.25) is 0 Å². The van der Waals surface area contributed by atoms with Crippen LogP contribution < -0.4 is 5.73 Å². The summed E-state index contributed by atoms with van der Waals surface area (Å²) in [6.45, 7) is 4.32. The van der Waals surface area contributed by atoms with Crippen molar-refractivity contribution in [1.82, 2.24) is 10.1 Å². The lowest BCUT2D eigenvalue weighted by Gasteiger charge is -2.23. The van der Waals surface area contributed by atoms with E-state index in [4.69, 9.17) is 10.3 Å². The van der Waals surface area contributed by atoms with E-state index in [0.29, 0.717) is 5.92 Å². The molecule has 17 heavy (non-hydrogen) atoms. The highest BCUT2D eigenvalue weighted by molar-refractivity contribution is 4.97. The summed E-state index contributed by atoms with van der Waals surface area (Å²) in [4.78, 5) is 4.50. The van der Waals surface area contributed by atoms with Gasteiger partial charge in [-0.25, -0.2) is 0 Å². The fraction of sp³-hybridized carbons (Fsp3) is 0.846. The first kappa shape index (κ1) is 12.6. The molecular weight excluding hydrogens is 214 g/mol. The Kier molecular flexibility index (Phi) is 4.15. The molecule has 0 aromatic carbocycles. The summed E-state index contributed by atoms with van der Waals surface area (Å²) in [5.74, 6) is 3.03. The highest BCUT2D eigenvalue weighted by Crippen LogP contribution is 2.34. The quantitative estimate of drug-likeness (QED) is 0.874. The maximum Gasteiger partial charge on any atom is 0.226 e. The Bertz CT molecular complexity index is 340. The van der Waals surface area contributed by atoms with Gasteiger partial charge in [-0.1, -0.05) is 24.9 Å². The molecule has 0 bridgehead atoms. The van der Waals surface area contributed by atoms with E-state index in [9.17, 15) is 0 Å². The lowest BCUT2D eigenvalue weighted by Crippen LogP contribution is -2.15. The van der Waals surface area contributed by atoms with E-state index in [1.807, 2.05) is 6.92 Å². The summed E-state index contributed by atoms with van der Waals surface area (Å²) in [5, 5.41) is 4.12. The first-order chi connectivity index (χ1) is 8.15. The van der Waals surface area contributed by atoms with Gasteiger partial charge in [-0.3, -0.25) is 0 Å². The van der Waals surface area contributed by atoms with Crippen LogP contribution in [0.4, 0.5) is 0 Å². The molecule has 1 heterocycles. The Labute approximate surface area is 103 Å². The van der Waals surface area contributed by atoms with Gasteiger partial charge >= 0.3 is 0 Å². The van der Waals surface area contributed by atoms with Gasteiger partial charge in [0.1, 0.15) is 0 Å². The van der Waals surface area contributed by atoms with Crippen molar-refractivity contribution in [2.45, 2.75) is 64.3 Å². The van der Waals surface area contributed by atoms with Crippen molar-refractivity contribution in [3.05, 3.63) is 11.7 Å². The third-order valence-electron chi connectivity index (χ3n) is 3.68. The van der Waals surface area contributed by atoms with Crippen molar-refractivity contribution in [1.29, 1.82) is 0 Å². The second-order valence-electron chi connectivity index (χ2n) is 5.52. The maximum absolute atomic E-state index is 5.72. The summed E-state index contributed by atoms with van der Waals surface area (Å²) in [7, 11) is 0. The van der Waals surface area contributed by atoms with E-state index in [1.54, 1.807) is 0 Å². The number of rotatable bonds is 4. The molecule has 1 fully saturated rings. The van der Waals surface area contributed by atoms with Crippen LogP contribution >= 0.6 is 0 Å². The van der Waals surface area contributed by atoms with Gasteiger partial charge in [-0.15, -0.1) is 0 Å². The van der Waals surface area contributed by atoms with Crippen LogP contribution in [0.15, 0.2) is 4.52 Å². The molecule has 0 aliphatic heterocycles. The van der Waals surface area contributed by atoms with Crippen LogP contribution in [0.5, 0.6) is 0 Å². The Morgan fingerprint density at radius 1 is 1.35 bits per heavy atom. The van der Waals surface area contributed by atoms with E-state index < -0.39 is 0 Å². The fourth-order valence-corrected chi connectivity index (χ4v) is 2.40. The summed E-state index contributed by atoms with van der Waals surface area (Å²) >= 11 is 0. The molecule has 96 valence electrons. The summed E-state index contributed by atoms with van der Waals surface area (Å²) in [6.07, 6.45) is 6.68. The fourth-order valence-electron chi connectivity index (χ4n) is 2.40. The standard InChI is InChI=1S/C13H23N3O/c1-9-3-6-11(7-4-9)13-15-12(17-16-13)8-5-10(2)14/h9-11H,3-8,14H2,1-2H3. The zero-order valence-electron chi connectivity index (χ0n) is 10.9. The summed E-state index contributed by atoms with van der Waals surface area (Å²) < 4.78 is 5.28. The second-order valence-corrected chi connectivity index (χ2v) is 5.52. The number of nitrogens with zero attached hydrogens (tertiary/aromatic N) is 2. The molecule has 1 aromatic rings. The van der Waals surface area contributed by atoms with E-state index in [0.717, 1.165) is 30.5 Å². The molecule has 4 nitrogen and oxygen atoms in total. The van der Waals surface area contributed by atoms with E-state index in [1.165, 1.54) is 25.7 Å². The van der Waals surface area contributed by atoms with Gasteiger partial charge in [-0.2, -0.15) is 4.98 Å². The second kappa shape index (κ2) is 5.63. The topological polar surface area (TPSA) is 64.9 Å². The van der Waals surface area contributed by atoms with Crippen molar-refractivity contribution in [2.75, 3.05) is 0 Å². The van der Waals surface area contributed by atoms with Gasteiger partial charge in [0.15, 0.2) is 5.82 Å². The normalized spacial score (nSPS) is 27.0. The highest BCUT2D eigenvalue weighted by Gasteiger charge is 2.23. The Balaban J connectivity index is 1.89. The van der Waals surface area contributed by atoms with Crippen molar-refractivity contribution >= 4 is 0 Å². The smallest absolute Gasteiger partial charge is 0.226 e. The highest BCUT2D eigenvalue weighted by atomic mass is 16.5.